The lowest BCUT2D eigenvalue weighted by Gasteiger charge is -2.02. The fraction of sp³-hybridized carbons (Fsp3) is 0.154. The summed E-state index contributed by atoms with van der Waals surface area (Å²) in [6, 6.07) is 11.0. The molecule has 0 atom stereocenters. The van der Waals surface area contributed by atoms with Gasteiger partial charge < -0.3 is 0 Å². The molecule has 0 saturated carbocycles. The summed E-state index contributed by atoms with van der Waals surface area (Å²) in [4.78, 5) is 20.4. The molecule has 0 spiro atoms. The Kier molecular flexibility index (Phi) is 3.54. The quantitative estimate of drug-likeness (QED) is 0.601. The Morgan fingerprint density at radius 2 is 1.65 bits per heavy atom. The van der Waals surface area contributed by atoms with Crippen molar-refractivity contribution in [3.8, 4) is 0 Å². The summed E-state index contributed by atoms with van der Waals surface area (Å²) in [5.41, 5.74) is 2.42. The fourth-order valence-corrected chi connectivity index (χ4v) is 2.25. The molecule has 1 aromatic carbocycles. The van der Waals surface area contributed by atoms with Gasteiger partial charge in [-0.15, -0.1) is 0 Å². The third-order valence-corrected chi connectivity index (χ3v) is 2.94. The molecule has 2 rings (SSSR count). The number of rotatable bonds is 2. The Morgan fingerprint density at radius 1 is 1.06 bits per heavy atom. The number of hydrogen-bond acceptors (Lipinski definition) is 4. The molecule has 0 aliphatic rings. The number of carbonyl (C=O) groups is 1. The molecule has 0 amide bonds. The second kappa shape index (κ2) is 5.10. The van der Waals surface area contributed by atoms with Crippen molar-refractivity contribution in [1.82, 2.24) is 9.97 Å². The van der Waals surface area contributed by atoms with Crippen molar-refractivity contribution in [2.75, 3.05) is 0 Å². The topological polar surface area (TPSA) is 42.9 Å². The Morgan fingerprint density at radius 3 is 2.24 bits per heavy atom. The van der Waals surface area contributed by atoms with Crippen LogP contribution < -0.4 is 0 Å². The van der Waals surface area contributed by atoms with Crippen LogP contribution in [0.2, 0.25) is 0 Å². The predicted octanol–water partition coefficient (Wildman–Crippen LogP) is 3.03. The van der Waals surface area contributed by atoms with Crippen molar-refractivity contribution in [3.63, 3.8) is 0 Å². The van der Waals surface area contributed by atoms with E-state index in [-0.39, 0.29) is 5.12 Å². The molecule has 1 aromatic heterocycles. The van der Waals surface area contributed by atoms with E-state index in [1.165, 1.54) is 0 Å². The van der Waals surface area contributed by atoms with Gasteiger partial charge in [-0.05, 0) is 31.7 Å². The van der Waals surface area contributed by atoms with Gasteiger partial charge in [0.15, 0.2) is 5.16 Å². The van der Waals surface area contributed by atoms with Crippen molar-refractivity contribution >= 4 is 16.9 Å². The molecule has 3 nitrogen and oxygen atoms in total. The smallest absolute Gasteiger partial charge is 0.227 e. The van der Waals surface area contributed by atoms with Crippen LogP contribution in [0.15, 0.2) is 41.6 Å². The molecular formula is C13H12N2OS. The van der Waals surface area contributed by atoms with Gasteiger partial charge in [-0.3, -0.25) is 4.79 Å². The number of benzene rings is 1. The molecule has 1 heterocycles. The van der Waals surface area contributed by atoms with Crippen LogP contribution in [0.1, 0.15) is 21.7 Å². The van der Waals surface area contributed by atoms with E-state index in [0.717, 1.165) is 23.1 Å². The minimum Gasteiger partial charge on any atom is -0.281 e. The minimum atomic E-state index is -0.0319. The summed E-state index contributed by atoms with van der Waals surface area (Å²) >= 11 is 1.06. The second-order valence-electron chi connectivity index (χ2n) is 3.69. The lowest BCUT2D eigenvalue weighted by molar-refractivity contribution is 0.108. The van der Waals surface area contributed by atoms with Gasteiger partial charge in [0.05, 0.1) is 0 Å². The SMILES string of the molecule is Cc1cc(C)nc(SC(=O)c2ccccc2)n1. The molecule has 0 fully saturated rings. The highest BCUT2D eigenvalue weighted by atomic mass is 32.2. The highest BCUT2D eigenvalue weighted by Gasteiger charge is 2.10. The van der Waals surface area contributed by atoms with E-state index in [0.29, 0.717) is 10.7 Å². The van der Waals surface area contributed by atoms with E-state index < -0.39 is 0 Å². The van der Waals surface area contributed by atoms with Gasteiger partial charge in [0.1, 0.15) is 0 Å². The standard InChI is InChI=1S/C13H12N2OS/c1-9-8-10(2)15-13(14-9)17-12(16)11-6-4-3-5-7-11/h3-8H,1-2H3. The molecule has 0 aliphatic heterocycles. The summed E-state index contributed by atoms with van der Waals surface area (Å²) in [5, 5.41) is 0.479. The molecule has 17 heavy (non-hydrogen) atoms. The van der Waals surface area contributed by atoms with Crippen LogP contribution >= 0.6 is 11.8 Å². The van der Waals surface area contributed by atoms with Gasteiger partial charge in [0, 0.05) is 17.0 Å². The maximum Gasteiger partial charge on any atom is 0.227 e. The largest absolute Gasteiger partial charge is 0.281 e. The number of aromatic nitrogens is 2. The molecule has 86 valence electrons. The van der Waals surface area contributed by atoms with Crippen LogP contribution in [0.25, 0.3) is 0 Å². The Hall–Kier alpha value is -1.68. The highest BCUT2D eigenvalue weighted by Crippen LogP contribution is 2.19. The van der Waals surface area contributed by atoms with Gasteiger partial charge in [-0.2, -0.15) is 0 Å². The van der Waals surface area contributed by atoms with Crippen molar-refractivity contribution in [2.45, 2.75) is 19.0 Å². The van der Waals surface area contributed by atoms with E-state index in [2.05, 4.69) is 9.97 Å². The van der Waals surface area contributed by atoms with Gasteiger partial charge in [-0.25, -0.2) is 9.97 Å². The molecule has 2 aromatic rings. The predicted molar refractivity (Wildman–Crippen MR) is 68.1 cm³/mol. The summed E-state index contributed by atoms with van der Waals surface area (Å²) in [5.74, 6) is 0. The van der Waals surface area contributed by atoms with Crippen molar-refractivity contribution in [3.05, 3.63) is 53.3 Å². The zero-order valence-electron chi connectivity index (χ0n) is 9.68. The van der Waals surface area contributed by atoms with E-state index in [1.807, 2.05) is 38.1 Å². The zero-order valence-corrected chi connectivity index (χ0v) is 10.5. The monoisotopic (exact) mass is 244 g/mol. The molecule has 0 unspecified atom stereocenters. The average Bonchev–Trinajstić information content (AvgIpc) is 2.28. The molecule has 0 aliphatic carbocycles. The zero-order chi connectivity index (χ0) is 12.3. The first-order valence-corrected chi connectivity index (χ1v) is 6.06. The number of carbonyl (C=O) groups excluding carboxylic acids is 1. The second-order valence-corrected chi connectivity index (χ2v) is 4.63. The Balaban J connectivity index is 2.19. The van der Waals surface area contributed by atoms with Gasteiger partial charge in [0.25, 0.3) is 0 Å². The Labute approximate surface area is 104 Å². The van der Waals surface area contributed by atoms with E-state index in [9.17, 15) is 4.79 Å². The first kappa shape index (κ1) is 11.8. The summed E-state index contributed by atoms with van der Waals surface area (Å²) in [6.07, 6.45) is 0. The van der Waals surface area contributed by atoms with E-state index in [1.54, 1.807) is 12.1 Å². The maximum absolute atomic E-state index is 11.9. The van der Waals surface area contributed by atoms with Gasteiger partial charge in [-0.1, -0.05) is 30.3 Å². The summed E-state index contributed by atoms with van der Waals surface area (Å²) in [7, 11) is 0. The molecular weight excluding hydrogens is 232 g/mol. The van der Waals surface area contributed by atoms with Crippen molar-refractivity contribution in [2.24, 2.45) is 0 Å². The van der Waals surface area contributed by atoms with E-state index in [4.69, 9.17) is 0 Å². The molecule has 0 saturated heterocycles. The minimum absolute atomic E-state index is 0.0319. The number of nitrogens with zero attached hydrogens (tertiary/aromatic N) is 2. The summed E-state index contributed by atoms with van der Waals surface area (Å²) in [6.45, 7) is 3.79. The molecule has 0 N–H and O–H groups in total. The lowest BCUT2D eigenvalue weighted by atomic mass is 10.2. The van der Waals surface area contributed by atoms with Crippen LogP contribution in [0.4, 0.5) is 0 Å². The number of aryl methyl sites for hydroxylation is 2. The summed E-state index contributed by atoms with van der Waals surface area (Å²) < 4.78 is 0. The molecule has 0 bridgehead atoms. The average molecular weight is 244 g/mol. The lowest BCUT2D eigenvalue weighted by Crippen LogP contribution is -1.98. The third-order valence-electron chi connectivity index (χ3n) is 2.16. The van der Waals surface area contributed by atoms with Crippen molar-refractivity contribution in [1.29, 1.82) is 0 Å². The first-order chi connectivity index (χ1) is 8.15. The third kappa shape index (κ3) is 3.14. The van der Waals surface area contributed by atoms with Crippen LogP contribution in [0.5, 0.6) is 0 Å². The Bertz CT molecular complexity index is 520. The number of hydrogen-bond donors (Lipinski definition) is 0. The molecule has 4 heteroatoms. The van der Waals surface area contributed by atoms with Crippen LogP contribution in [0.3, 0.4) is 0 Å². The van der Waals surface area contributed by atoms with Crippen LogP contribution in [-0.2, 0) is 0 Å². The first-order valence-electron chi connectivity index (χ1n) is 5.24. The fourth-order valence-electron chi connectivity index (χ4n) is 1.46. The highest BCUT2D eigenvalue weighted by molar-refractivity contribution is 8.14. The number of thioether (sulfide) groups is 1. The normalized spacial score (nSPS) is 10.2. The molecule has 0 radical (unpaired) electrons. The van der Waals surface area contributed by atoms with Crippen LogP contribution in [-0.4, -0.2) is 15.1 Å². The van der Waals surface area contributed by atoms with E-state index >= 15 is 0 Å². The maximum atomic E-state index is 11.9. The van der Waals surface area contributed by atoms with Gasteiger partial charge in [0.2, 0.25) is 5.12 Å². The van der Waals surface area contributed by atoms with Crippen molar-refractivity contribution < 1.29 is 4.79 Å². The van der Waals surface area contributed by atoms with Crippen LogP contribution in [0, 0.1) is 13.8 Å². The van der Waals surface area contributed by atoms with Gasteiger partial charge >= 0.3 is 0 Å².